The van der Waals surface area contributed by atoms with Gasteiger partial charge in [-0.1, -0.05) is 0 Å². The Kier molecular flexibility index (Phi) is 3.56. The normalized spacial score (nSPS) is 23.1. The van der Waals surface area contributed by atoms with Crippen molar-refractivity contribution < 1.29 is 8.42 Å². The zero-order valence-corrected chi connectivity index (χ0v) is 11.4. The summed E-state index contributed by atoms with van der Waals surface area (Å²) in [4.78, 5) is 6.18. The molecule has 0 aliphatic carbocycles. The first kappa shape index (κ1) is 13.3. The third-order valence-corrected chi connectivity index (χ3v) is 5.17. The largest absolute Gasteiger partial charge is 0.384 e. The van der Waals surface area contributed by atoms with Crippen LogP contribution >= 0.6 is 0 Å². The fraction of sp³-hybridized carbons (Fsp3) is 0.545. The summed E-state index contributed by atoms with van der Waals surface area (Å²) in [5.41, 5.74) is 5.46. The van der Waals surface area contributed by atoms with Crippen molar-refractivity contribution in [1.29, 1.82) is 0 Å². The van der Waals surface area contributed by atoms with Crippen LogP contribution in [0.15, 0.2) is 23.2 Å². The Morgan fingerprint density at radius 1 is 1.39 bits per heavy atom. The van der Waals surface area contributed by atoms with Crippen LogP contribution in [-0.4, -0.2) is 55.3 Å². The number of nitrogen functional groups attached to an aromatic ring is 1. The lowest BCUT2D eigenvalue weighted by Crippen LogP contribution is -2.51. The van der Waals surface area contributed by atoms with Gasteiger partial charge in [0.05, 0.1) is 0 Å². The van der Waals surface area contributed by atoms with Crippen LogP contribution in [0.1, 0.15) is 6.92 Å². The molecule has 1 aliphatic rings. The Morgan fingerprint density at radius 2 is 2.11 bits per heavy atom. The average Bonchev–Trinajstić information content (AvgIpc) is 2.33. The second kappa shape index (κ2) is 4.83. The van der Waals surface area contributed by atoms with Crippen LogP contribution in [0.2, 0.25) is 0 Å². The molecule has 1 aliphatic heterocycles. The number of hydrogen-bond acceptors (Lipinski definition) is 5. The van der Waals surface area contributed by atoms with Crippen molar-refractivity contribution in [3.63, 3.8) is 0 Å². The third-order valence-electron chi connectivity index (χ3n) is 3.32. The van der Waals surface area contributed by atoms with Crippen LogP contribution in [0.25, 0.3) is 0 Å². The lowest BCUT2D eigenvalue weighted by Gasteiger charge is -2.36. The SMILES string of the molecule is CC1CN(S(=O)(=O)c2ccc(N)nc2)CCN1C. The topological polar surface area (TPSA) is 79.5 Å². The summed E-state index contributed by atoms with van der Waals surface area (Å²) in [7, 11) is -1.45. The van der Waals surface area contributed by atoms with Gasteiger partial charge in [-0.2, -0.15) is 4.31 Å². The van der Waals surface area contributed by atoms with E-state index in [0.717, 1.165) is 6.54 Å². The summed E-state index contributed by atoms with van der Waals surface area (Å²) < 4.78 is 26.3. The molecular weight excluding hydrogens is 252 g/mol. The molecule has 1 aromatic heterocycles. The molecule has 2 N–H and O–H groups in total. The van der Waals surface area contributed by atoms with Gasteiger partial charge in [-0.3, -0.25) is 0 Å². The molecular formula is C11H18N4O2S. The van der Waals surface area contributed by atoms with E-state index >= 15 is 0 Å². The van der Waals surface area contributed by atoms with Crippen molar-refractivity contribution in [3.05, 3.63) is 18.3 Å². The highest BCUT2D eigenvalue weighted by molar-refractivity contribution is 7.89. The second-order valence-corrected chi connectivity index (χ2v) is 6.55. The molecule has 1 saturated heterocycles. The molecule has 1 unspecified atom stereocenters. The van der Waals surface area contributed by atoms with Gasteiger partial charge < -0.3 is 10.6 Å². The van der Waals surface area contributed by atoms with Crippen molar-refractivity contribution in [3.8, 4) is 0 Å². The molecule has 1 atom stereocenters. The summed E-state index contributed by atoms with van der Waals surface area (Å²) >= 11 is 0. The van der Waals surface area contributed by atoms with Crippen molar-refractivity contribution in [1.82, 2.24) is 14.2 Å². The molecule has 0 amide bonds. The minimum atomic E-state index is -3.45. The van der Waals surface area contributed by atoms with E-state index in [0.29, 0.717) is 18.9 Å². The smallest absolute Gasteiger partial charge is 0.244 e. The highest BCUT2D eigenvalue weighted by Gasteiger charge is 2.30. The number of piperazine rings is 1. The monoisotopic (exact) mass is 270 g/mol. The maximum Gasteiger partial charge on any atom is 0.244 e. The maximum absolute atomic E-state index is 12.4. The van der Waals surface area contributed by atoms with E-state index in [1.807, 2.05) is 14.0 Å². The molecule has 100 valence electrons. The molecule has 1 aromatic rings. The molecule has 7 heteroatoms. The van der Waals surface area contributed by atoms with E-state index in [2.05, 4.69) is 9.88 Å². The number of sulfonamides is 1. The van der Waals surface area contributed by atoms with Gasteiger partial charge in [0.15, 0.2) is 0 Å². The summed E-state index contributed by atoms with van der Waals surface area (Å²) in [6.45, 7) is 3.77. The van der Waals surface area contributed by atoms with Crippen LogP contribution in [0.5, 0.6) is 0 Å². The Labute approximate surface area is 107 Å². The van der Waals surface area contributed by atoms with E-state index < -0.39 is 10.0 Å². The van der Waals surface area contributed by atoms with Crippen LogP contribution in [-0.2, 0) is 10.0 Å². The van der Waals surface area contributed by atoms with Crippen LogP contribution in [0.3, 0.4) is 0 Å². The molecule has 1 fully saturated rings. The van der Waals surface area contributed by atoms with Crippen LogP contribution in [0, 0.1) is 0 Å². The van der Waals surface area contributed by atoms with E-state index in [4.69, 9.17) is 5.73 Å². The highest BCUT2D eigenvalue weighted by atomic mass is 32.2. The van der Waals surface area contributed by atoms with Gasteiger partial charge in [-0.15, -0.1) is 0 Å². The lowest BCUT2D eigenvalue weighted by molar-refractivity contribution is 0.159. The molecule has 18 heavy (non-hydrogen) atoms. The van der Waals surface area contributed by atoms with Gasteiger partial charge in [-0.25, -0.2) is 13.4 Å². The molecule has 0 aromatic carbocycles. The first-order chi connectivity index (χ1) is 8.41. The van der Waals surface area contributed by atoms with Gasteiger partial charge in [0.1, 0.15) is 10.7 Å². The maximum atomic E-state index is 12.4. The van der Waals surface area contributed by atoms with E-state index in [1.54, 1.807) is 0 Å². The van der Waals surface area contributed by atoms with Crippen molar-refractivity contribution in [2.24, 2.45) is 0 Å². The first-order valence-corrected chi connectivity index (χ1v) is 7.27. The number of hydrogen-bond donors (Lipinski definition) is 1. The Balaban J connectivity index is 2.24. The van der Waals surface area contributed by atoms with Gasteiger partial charge in [0.25, 0.3) is 0 Å². The molecule has 6 nitrogen and oxygen atoms in total. The number of anilines is 1. The average molecular weight is 270 g/mol. The van der Waals surface area contributed by atoms with Crippen molar-refractivity contribution in [2.45, 2.75) is 17.9 Å². The molecule has 0 spiro atoms. The van der Waals surface area contributed by atoms with Crippen LogP contribution < -0.4 is 5.73 Å². The van der Waals surface area contributed by atoms with Gasteiger partial charge in [0, 0.05) is 31.9 Å². The summed E-state index contributed by atoms with van der Waals surface area (Å²) in [6, 6.07) is 3.22. The third kappa shape index (κ3) is 2.47. The van der Waals surface area contributed by atoms with Crippen LogP contribution in [0.4, 0.5) is 5.82 Å². The number of nitrogens with zero attached hydrogens (tertiary/aromatic N) is 3. The fourth-order valence-electron chi connectivity index (χ4n) is 1.93. The van der Waals surface area contributed by atoms with E-state index in [1.165, 1.54) is 22.6 Å². The summed E-state index contributed by atoms with van der Waals surface area (Å²) in [5, 5.41) is 0. The number of rotatable bonds is 2. The van der Waals surface area contributed by atoms with E-state index in [-0.39, 0.29) is 10.9 Å². The molecule has 0 saturated carbocycles. The molecule has 0 bridgehead atoms. The Bertz CT molecular complexity index is 514. The molecule has 2 heterocycles. The van der Waals surface area contributed by atoms with E-state index in [9.17, 15) is 8.42 Å². The Hall–Kier alpha value is -1.18. The minimum Gasteiger partial charge on any atom is -0.384 e. The highest BCUT2D eigenvalue weighted by Crippen LogP contribution is 2.19. The number of aromatic nitrogens is 1. The molecule has 2 rings (SSSR count). The Morgan fingerprint density at radius 3 is 2.67 bits per heavy atom. The van der Waals surface area contributed by atoms with Crippen molar-refractivity contribution >= 4 is 15.8 Å². The quantitative estimate of drug-likeness (QED) is 0.817. The molecule has 0 radical (unpaired) electrons. The summed E-state index contributed by atoms with van der Waals surface area (Å²) in [6.07, 6.45) is 1.31. The predicted octanol–water partition coefficient (Wildman–Crippen LogP) is -0.0116. The zero-order chi connectivity index (χ0) is 13.3. The predicted molar refractivity (Wildman–Crippen MR) is 69.5 cm³/mol. The van der Waals surface area contributed by atoms with Gasteiger partial charge in [-0.05, 0) is 26.1 Å². The summed E-state index contributed by atoms with van der Waals surface area (Å²) in [5.74, 6) is 0.320. The first-order valence-electron chi connectivity index (χ1n) is 5.83. The lowest BCUT2D eigenvalue weighted by atomic mass is 10.2. The van der Waals surface area contributed by atoms with Crippen molar-refractivity contribution in [2.75, 3.05) is 32.4 Å². The fourth-order valence-corrected chi connectivity index (χ4v) is 3.38. The number of pyridine rings is 1. The minimum absolute atomic E-state index is 0.202. The number of likely N-dealkylation sites (N-methyl/N-ethyl adjacent to an activating group) is 1. The second-order valence-electron chi connectivity index (χ2n) is 4.61. The standard InChI is InChI=1S/C11H18N4O2S/c1-9-8-15(6-5-14(9)2)18(16,17)10-3-4-11(12)13-7-10/h3-4,7,9H,5-6,8H2,1-2H3,(H2,12,13). The zero-order valence-electron chi connectivity index (χ0n) is 10.6. The van der Waals surface area contributed by atoms with Gasteiger partial charge in [0.2, 0.25) is 10.0 Å². The van der Waals surface area contributed by atoms with Gasteiger partial charge >= 0.3 is 0 Å². The number of nitrogens with two attached hydrogens (primary N) is 1.